The Morgan fingerprint density at radius 1 is 0.966 bits per heavy atom. The number of methoxy groups -OCH3 is 1. The first-order chi connectivity index (χ1) is 14.2. The third-order valence-corrected chi connectivity index (χ3v) is 5.50. The molecule has 5 nitrogen and oxygen atoms in total. The highest BCUT2D eigenvalue weighted by Crippen LogP contribution is 2.26. The van der Waals surface area contributed by atoms with E-state index in [-0.39, 0.29) is 30.6 Å². The first-order valence-electron chi connectivity index (χ1n) is 10.4. The van der Waals surface area contributed by atoms with Gasteiger partial charge in [-0.2, -0.15) is 0 Å². The summed E-state index contributed by atoms with van der Waals surface area (Å²) < 4.78 is 5.27. The summed E-state index contributed by atoms with van der Waals surface area (Å²) in [6, 6.07) is 17.3. The van der Waals surface area contributed by atoms with Crippen molar-refractivity contribution < 1.29 is 14.3 Å². The zero-order chi connectivity index (χ0) is 20.5. The van der Waals surface area contributed by atoms with E-state index in [0.29, 0.717) is 12.1 Å². The molecule has 154 valence electrons. The van der Waals surface area contributed by atoms with Crippen LogP contribution in [0.3, 0.4) is 0 Å². The van der Waals surface area contributed by atoms with Gasteiger partial charge in [0.05, 0.1) is 13.2 Å². The van der Waals surface area contributed by atoms with Gasteiger partial charge in [0.25, 0.3) is 0 Å². The van der Waals surface area contributed by atoms with Crippen LogP contribution in [-0.2, 0) is 4.79 Å². The van der Waals surface area contributed by atoms with E-state index in [2.05, 4.69) is 22.3 Å². The normalized spacial score (nSPS) is 15.5. The fourth-order valence-electron chi connectivity index (χ4n) is 3.81. The monoisotopic (exact) mass is 394 g/mol. The molecule has 0 radical (unpaired) electrons. The molecule has 1 fully saturated rings. The average Bonchev–Trinajstić information content (AvgIpc) is 2.79. The van der Waals surface area contributed by atoms with Crippen molar-refractivity contribution in [1.29, 1.82) is 0 Å². The lowest BCUT2D eigenvalue weighted by molar-refractivity contribution is -0.121. The average molecular weight is 395 g/mol. The molecule has 2 aromatic carbocycles. The first-order valence-corrected chi connectivity index (χ1v) is 10.4. The van der Waals surface area contributed by atoms with Gasteiger partial charge in [-0.15, -0.1) is 0 Å². The summed E-state index contributed by atoms with van der Waals surface area (Å²) in [4.78, 5) is 27.1. The van der Waals surface area contributed by atoms with Crippen molar-refractivity contribution in [2.75, 3.05) is 26.7 Å². The number of hydrogen-bond donors (Lipinski definition) is 1. The molecule has 1 atom stereocenters. The Morgan fingerprint density at radius 3 is 2.31 bits per heavy atom. The van der Waals surface area contributed by atoms with Crippen molar-refractivity contribution in [2.24, 2.45) is 0 Å². The number of rotatable bonds is 9. The van der Waals surface area contributed by atoms with Crippen LogP contribution in [0.4, 0.5) is 0 Å². The van der Waals surface area contributed by atoms with Crippen LogP contribution >= 0.6 is 0 Å². The fraction of sp³-hybridized carbons (Fsp3) is 0.417. The quantitative estimate of drug-likeness (QED) is 0.653. The highest BCUT2D eigenvalue weighted by molar-refractivity contribution is 5.97. The van der Waals surface area contributed by atoms with Crippen LogP contribution in [0.5, 0.6) is 5.75 Å². The van der Waals surface area contributed by atoms with Gasteiger partial charge < -0.3 is 10.1 Å². The van der Waals surface area contributed by atoms with Crippen LogP contribution in [0.2, 0.25) is 0 Å². The number of nitrogens with zero attached hydrogens (tertiary/aromatic N) is 1. The van der Waals surface area contributed by atoms with E-state index in [1.165, 1.54) is 24.8 Å². The molecule has 0 spiro atoms. The van der Waals surface area contributed by atoms with Crippen molar-refractivity contribution in [2.45, 2.75) is 38.1 Å². The fourth-order valence-corrected chi connectivity index (χ4v) is 3.81. The molecular formula is C24H30N2O3. The third kappa shape index (κ3) is 6.16. The number of ketones is 1. The molecule has 1 N–H and O–H groups in total. The van der Waals surface area contributed by atoms with Crippen LogP contribution < -0.4 is 10.1 Å². The van der Waals surface area contributed by atoms with E-state index in [9.17, 15) is 9.59 Å². The van der Waals surface area contributed by atoms with Crippen molar-refractivity contribution >= 4 is 11.7 Å². The summed E-state index contributed by atoms with van der Waals surface area (Å²) in [5.74, 6) is 0.753. The molecule has 0 aromatic heterocycles. The summed E-state index contributed by atoms with van der Waals surface area (Å²) in [7, 11) is 1.66. The van der Waals surface area contributed by atoms with Gasteiger partial charge in [0, 0.05) is 24.9 Å². The molecule has 1 amide bonds. The van der Waals surface area contributed by atoms with Gasteiger partial charge in [0.1, 0.15) is 5.75 Å². The zero-order valence-corrected chi connectivity index (χ0v) is 17.1. The van der Waals surface area contributed by atoms with Gasteiger partial charge >= 0.3 is 0 Å². The number of piperidine rings is 1. The molecule has 5 heteroatoms. The highest BCUT2D eigenvalue weighted by Gasteiger charge is 2.23. The minimum Gasteiger partial charge on any atom is -0.497 e. The summed E-state index contributed by atoms with van der Waals surface area (Å²) in [5, 5.41) is 3.05. The SMILES string of the molecule is COc1ccc(C(CNC(=O)CCC(=O)c2ccccc2)N2CCCCC2)cc1. The molecule has 1 heterocycles. The second-order valence-electron chi connectivity index (χ2n) is 7.48. The molecule has 1 aliphatic rings. The molecule has 29 heavy (non-hydrogen) atoms. The first kappa shape index (κ1) is 21.1. The Morgan fingerprint density at radius 2 is 1.66 bits per heavy atom. The summed E-state index contributed by atoms with van der Waals surface area (Å²) in [5.41, 5.74) is 1.83. The maximum absolute atomic E-state index is 12.4. The minimum absolute atomic E-state index is 0.00323. The van der Waals surface area contributed by atoms with Crippen molar-refractivity contribution in [3.63, 3.8) is 0 Å². The smallest absolute Gasteiger partial charge is 0.220 e. The summed E-state index contributed by atoms with van der Waals surface area (Å²) >= 11 is 0. The van der Waals surface area contributed by atoms with Crippen LogP contribution in [0, 0.1) is 0 Å². The van der Waals surface area contributed by atoms with E-state index in [4.69, 9.17) is 4.74 Å². The van der Waals surface area contributed by atoms with Crippen LogP contribution in [0.25, 0.3) is 0 Å². The molecule has 0 bridgehead atoms. The molecular weight excluding hydrogens is 364 g/mol. The third-order valence-electron chi connectivity index (χ3n) is 5.50. The predicted molar refractivity (Wildman–Crippen MR) is 114 cm³/mol. The van der Waals surface area contributed by atoms with E-state index in [1.54, 1.807) is 19.2 Å². The van der Waals surface area contributed by atoms with Gasteiger partial charge in [0.2, 0.25) is 5.91 Å². The number of hydrogen-bond acceptors (Lipinski definition) is 4. The molecule has 1 unspecified atom stereocenters. The number of carbonyl (C=O) groups is 2. The van der Waals surface area contributed by atoms with E-state index < -0.39 is 0 Å². The zero-order valence-electron chi connectivity index (χ0n) is 17.1. The van der Waals surface area contributed by atoms with Gasteiger partial charge in [0.15, 0.2) is 5.78 Å². The Bertz CT molecular complexity index is 784. The Kier molecular flexibility index (Phi) is 7.82. The molecule has 3 rings (SSSR count). The number of ether oxygens (including phenoxy) is 1. The lowest BCUT2D eigenvalue weighted by Crippen LogP contribution is -2.40. The van der Waals surface area contributed by atoms with Crippen LogP contribution in [0.15, 0.2) is 54.6 Å². The standard InChI is InChI=1S/C24H30N2O3/c1-29-21-12-10-19(11-13-21)22(26-16-6-3-7-17-26)18-25-24(28)15-14-23(27)20-8-4-2-5-9-20/h2,4-5,8-13,22H,3,6-7,14-18H2,1H3,(H,25,28). The molecule has 2 aromatic rings. The Balaban J connectivity index is 1.57. The van der Waals surface area contributed by atoms with E-state index >= 15 is 0 Å². The van der Waals surface area contributed by atoms with Crippen LogP contribution in [0.1, 0.15) is 54.1 Å². The Hall–Kier alpha value is -2.66. The molecule has 1 saturated heterocycles. The second kappa shape index (κ2) is 10.8. The Labute approximate surface area is 173 Å². The largest absolute Gasteiger partial charge is 0.497 e. The minimum atomic E-state index is -0.0789. The lowest BCUT2D eigenvalue weighted by Gasteiger charge is -2.35. The highest BCUT2D eigenvalue weighted by atomic mass is 16.5. The van der Waals surface area contributed by atoms with Gasteiger partial charge in [-0.3, -0.25) is 14.5 Å². The number of amides is 1. The number of benzene rings is 2. The lowest BCUT2D eigenvalue weighted by atomic mass is 10.0. The summed E-state index contributed by atoms with van der Waals surface area (Å²) in [6.45, 7) is 2.63. The van der Waals surface area contributed by atoms with Gasteiger partial charge in [-0.1, -0.05) is 48.9 Å². The second-order valence-corrected chi connectivity index (χ2v) is 7.48. The number of likely N-dealkylation sites (tertiary alicyclic amines) is 1. The molecule has 1 aliphatic heterocycles. The van der Waals surface area contributed by atoms with E-state index in [0.717, 1.165) is 18.8 Å². The van der Waals surface area contributed by atoms with Gasteiger partial charge in [-0.05, 0) is 43.6 Å². The number of Topliss-reactive ketones (excluding diaryl/α,β-unsaturated/α-hetero) is 1. The maximum Gasteiger partial charge on any atom is 0.220 e. The maximum atomic E-state index is 12.4. The molecule has 0 saturated carbocycles. The van der Waals surface area contributed by atoms with Crippen molar-refractivity contribution in [3.05, 3.63) is 65.7 Å². The van der Waals surface area contributed by atoms with Crippen LogP contribution in [-0.4, -0.2) is 43.3 Å². The predicted octanol–water partition coefficient (Wildman–Crippen LogP) is 4.00. The van der Waals surface area contributed by atoms with Crippen molar-refractivity contribution in [3.8, 4) is 5.75 Å². The topological polar surface area (TPSA) is 58.6 Å². The van der Waals surface area contributed by atoms with E-state index in [1.807, 2.05) is 30.3 Å². The number of carbonyl (C=O) groups excluding carboxylic acids is 2. The van der Waals surface area contributed by atoms with Gasteiger partial charge in [-0.25, -0.2) is 0 Å². The summed E-state index contributed by atoms with van der Waals surface area (Å²) in [6.07, 6.45) is 4.08. The van der Waals surface area contributed by atoms with Crippen molar-refractivity contribution in [1.82, 2.24) is 10.2 Å². The molecule has 0 aliphatic carbocycles. The number of nitrogens with one attached hydrogen (secondary N) is 1.